The molecule has 1 atom stereocenters. The highest BCUT2D eigenvalue weighted by Crippen LogP contribution is 2.23. The molecule has 4 nitrogen and oxygen atoms in total. The second kappa shape index (κ2) is 6.13. The molecular weight excluding hydrogens is 275 g/mol. The Morgan fingerprint density at radius 1 is 1.45 bits per heavy atom. The van der Waals surface area contributed by atoms with Gasteiger partial charge in [-0.2, -0.15) is 0 Å². The summed E-state index contributed by atoms with van der Waals surface area (Å²) in [6.45, 7) is 1.11. The Balaban J connectivity index is 1.89. The van der Waals surface area contributed by atoms with Gasteiger partial charge in [0.1, 0.15) is 5.75 Å². The van der Waals surface area contributed by atoms with E-state index in [4.69, 9.17) is 4.74 Å². The van der Waals surface area contributed by atoms with Gasteiger partial charge in [0.05, 0.1) is 12.5 Å². The summed E-state index contributed by atoms with van der Waals surface area (Å²) in [6.07, 6.45) is -4.05. The van der Waals surface area contributed by atoms with Crippen LogP contribution in [0, 0.1) is 5.92 Å². The van der Waals surface area contributed by atoms with Gasteiger partial charge in [-0.25, -0.2) is 0 Å². The lowest BCUT2D eigenvalue weighted by Crippen LogP contribution is -2.30. The molecule has 1 N–H and O–H groups in total. The van der Waals surface area contributed by atoms with Gasteiger partial charge >= 0.3 is 6.36 Å². The molecule has 0 unspecified atom stereocenters. The van der Waals surface area contributed by atoms with Crippen molar-refractivity contribution in [2.75, 3.05) is 13.2 Å². The maximum atomic E-state index is 12.1. The normalized spacial score (nSPS) is 18.9. The largest absolute Gasteiger partial charge is 0.573 e. The van der Waals surface area contributed by atoms with E-state index in [1.54, 1.807) is 6.07 Å². The fraction of sp³-hybridized carbons (Fsp3) is 0.462. The van der Waals surface area contributed by atoms with Crippen LogP contribution in [0.15, 0.2) is 24.3 Å². The Hall–Kier alpha value is -1.76. The number of benzene rings is 1. The van der Waals surface area contributed by atoms with Crippen molar-refractivity contribution in [3.8, 4) is 5.75 Å². The number of nitrogens with one attached hydrogen (secondary N) is 1. The minimum atomic E-state index is -4.72. The van der Waals surface area contributed by atoms with Crippen molar-refractivity contribution < 1.29 is 27.4 Å². The van der Waals surface area contributed by atoms with Crippen LogP contribution in [-0.4, -0.2) is 25.5 Å². The summed E-state index contributed by atoms with van der Waals surface area (Å²) < 4.78 is 45.2. The van der Waals surface area contributed by atoms with Crippen molar-refractivity contribution in [1.82, 2.24) is 5.32 Å². The van der Waals surface area contributed by atoms with Gasteiger partial charge in [-0.05, 0) is 24.1 Å². The molecule has 0 aliphatic carbocycles. The third-order valence-electron chi connectivity index (χ3n) is 2.90. The molecule has 1 aliphatic rings. The molecule has 0 saturated carbocycles. The molecule has 2 rings (SSSR count). The van der Waals surface area contributed by atoms with Crippen LogP contribution in [0.2, 0.25) is 0 Å². The van der Waals surface area contributed by atoms with E-state index in [0.717, 1.165) is 0 Å². The summed E-state index contributed by atoms with van der Waals surface area (Å²) >= 11 is 0. The van der Waals surface area contributed by atoms with Crippen LogP contribution < -0.4 is 10.1 Å². The van der Waals surface area contributed by atoms with Crippen LogP contribution in [-0.2, 0) is 16.1 Å². The second-order valence-electron chi connectivity index (χ2n) is 4.47. The first-order valence-corrected chi connectivity index (χ1v) is 6.14. The van der Waals surface area contributed by atoms with Crippen molar-refractivity contribution in [2.24, 2.45) is 5.92 Å². The highest BCUT2D eigenvalue weighted by molar-refractivity contribution is 5.78. The summed E-state index contributed by atoms with van der Waals surface area (Å²) in [5.41, 5.74) is 0.541. The van der Waals surface area contributed by atoms with Gasteiger partial charge in [0.2, 0.25) is 5.91 Å². The molecule has 20 heavy (non-hydrogen) atoms. The Morgan fingerprint density at radius 2 is 2.25 bits per heavy atom. The molecule has 7 heteroatoms. The SMILES string of the molecule is O=C(NCc1cccc(OC(F)(F)F)c1)[C@@H]1CCOC1. The lowest BCUT2D eigenvalue weighted by atomic mass is 10.1. The maximum Gasteiger partial charge on any atom is 0.573 e. The van der Waals surface area contributed by atoms with E-state index in [1.165, 1.54) is 18.2 Å². The summed E-state index contributed by atoms with van der Waals surface area (Å²) in [7, 11) is 0. The van der Waals surface area contributed by atoms with E-state index in [1.807, 2.05) is 0 Å². The highest BCUT2D eigenvalue weighted by atomic mass is 19.4. The van der Waals surface area contributed by atoms with E-state index >= 15 is 0 Å². The number of hydrogen-bond acceptors (Lipinski definition) is 3. The first-order valence-electron chi connectivity index (χ1n) is 6.14. The molecular formula is C13H14F3NO3. The summed E-state index contributed by atoms with van der Waals surface area (Å²) in [5.74, 6) is -0.623. The predicted octanol–water partition coefficient (Wildman–Crippen LogP) is 2.24. The molecule has 1 saturated heterocycles. The summed E-state index contributed by atoms with van der Waals surface area (Å²) in [5, 5.41) is 2.68. The van der Waals surface area contributed by atoms with Gasteiger partial charge in [-0.3, -0.25) is 4.79 Å². The number of carbonyl (C=O) groups excluding carboxylic acids is 1. The van der Waals surface area contributed by atoms with Crippen LogP contribution in [0.1, 0.15) is 12.0 Å². The number of halogens is 3. The van der Waals surface area contributed by atoms with Crippen molar-refractivity contribution in [1.29, 1.82) is 0 Å². The molecule has 1 heterocycles. The lowest BCUT2D eigenvalue weighted by Gasteiger charge is -2.12. The van der Waals surface area contributed by atoms with Crippen molar-refractivity contribution in [2.45, 2.75) is 19.3 Å². The number of carbonyl (C=O) groups is 1. The fourth-order valence-electron chi connectivity index (χ4n) is 1.93. The topological polar surface area (TPSA) is 47.6 Å². The minimum Gasteiger partial charge on any atom is -0.406 e. The van der Waals surface area contributed by atoms with Gasteiger partial charge in [0.25, 0.3) is 0 Å². The average Bonchev–Trinajstić information content (AvgIpc) is 2.88. The predicted molar refractivity (Wildman–Crippen MR) is 63.9 cm³/mol. The van der Waals surface area contributed by atoms with Gasteiger partial charge in [-0.15, -0.1) is 13.2 Å². The second-order valence-corrected chi connectivity index (χ2v) is 4.47. The third-order valence-corrected chi connectivity index (χ3v) is 2.90. The minimum absolute atomic E-state index is 0.148. The van der Waals surface area contributed by atoms with Crippen LogP contribution in [0.5, 0.6) is 5.75 Å². The Morgan fingerprint density at radius 3 is 2.90 bits per heavy atom. The van der Waals surface area contributed by atoms with Gasteiger partial charge in [0.15, 0.2) is 0 Å². The third kappa shape index (κ3) is 4.41. The van der Waals surface area contributed by atoms with E-state index in [2.05, 4.69) is 10.1 Å². The molecule has 1 fully saturated rings. The fourth-order valence-corrected chi connectivity index (χ4v) is 1.93. The van der Waals surface area contributed by atoms with Crippen LogP contribution in [0.3, 0.4) is 0 Å². The Labute approximate surface area is 113 Å². The van der Waals surface area contributed by atoms with Gasteiger partial charge in [0, 0.05) is 13.2 Å². The molecule has 1 aliphatic heterocycles. The van der Waals surface area contributed by atoms with E-state index in [-0.39, 0.29) is 24.1 Å². The number of amides is 1. The summed E-state index contributed by atoms with van der Waals surface area (Å²) in [6, 6.07) is 5.53. The van der Waals surface area contributed by atoms with Gasteiger partial charge < -0.3 is 14.8 Å². The molecule has 1 aromatic rings. The van der Waals surface area contributed by atoms with Crippen LogP contribution in [0.4, 0.5) is 13.2 Å². The van der Waals surface area contributed by atoms with E-state index < -0.39 is 6.36 Å². The molecule has 1 amide bonds. The van der Waals surface area contributed by atoms with Gasteiger partial charge in [-0.1, -0.05) is 12.1 Å². The molecule has 110 valence electrons. The molecule has 0 bridgehead atoms. The smallest absolute Gasteiger partial charge is 0.406 e. The zero-order valence-corrected chi connectivity index (χ0v) is 10.6. The zero-order valence-electron chi connectivity index (χ0n) is 10.6. The van der Waals surface area contributed by atoms with Crippen LogP contribution in [0.25, 0.3) is 0 Å². The van der Waals surface area contributed by atoms with Crippen LogP contribution >= 0.6 is 0 Å². The number of ether oxygens (including phenoxy) is 2. The quantitative estimate of drug-likeness (QED) is 0.924. The Kier molecular flexibility index (Phi) is 4.49. The first kappa shape index (κ1) is 14.6. The standard InChI is InChI=1S/C13H14F3NO3/c14-13(15,16)20-11-3-1-2-9(6-11)7-17-12(18)10-4-5-19-8-10/h1-3,6,10H,4-5,7-8H2,(H,17,18)/t10-/m1/s1. The molecule has 1 aromatic carbocycles. The average molecular weight is 289 g/mol. The zero-order chi connectivity index (χ0) is 14.6. The maximum absolute atomic E-state index is 12.1. The molecule has 0 aromatic heterocycles. The van der Waals surface area contributed by atoms with Crippen molar-refractivity contribution in [3.63, 3.8) is 0 Å². The molecule has 0 spiro atoms. The van der Waals surface area contributed by atoms with Crippen molar-refractivity contribution >= 4 is 5.91 Å². The Bertz CT molecular complexity index is 470. The highest BCUT2D eigenvalue weighted by Gasteiger charge is 2.31. The number of rotatable bonds is 4. The summed E-state index contributed by atoms with van der Waals surface area (Å²) in [4.78, 5) is 11.7. The number of hydrogen-bond donors (Lipinski definition) is 1. The van der Waals surface area contributed by atoms with E-state index in [9.17, 15) is 18.0 Å². The number of alkyl halides is 3. The first-order chi connectivity index (χ1) is 9.44. The lowest BCUT2D eigenvalue weighted by molar-refractivity contribution is -0.274. The van der Waals surface area contributed by atoms with E-state index in [0.29, 0.717) is 25.2 Å². The molecule has 0 radical (unpaired) electrons. The monoisotopic (exact) mass is 289 g/mol. The van der Waals surface area contributed by atoms with Crippen molar-refractivity contribution in [3.05, 3.63) is 29.8 Å².